The summed E-state index contributed by atoms with van der Waals surface area (Å²) in [5.74, 6) is 0. The third kappa shape index (κ3) is 2.73. The molecule has 4 nitrogen and oxygen atoms in total. The molecular formula is C11H8F3N3O. The maximum Gasteiger partial charge on any atom is 0.433 e. The summed E-state index contributed by atoms with van der Waals surface area (Å²) in [6, 6.07) is 2.25. The van der Waals surface area contributed by atoms with Crippen LogP contribution in [0.5, 0.6) is 0 Å². The van der Waals surface area contributed by atoms with Gasteiger partial charge in [-0.2, -0.15) is 18.3 Å². The van der Waals surface area contributed by atoms with E-state index in [2.05, 4.69) is 10.1 Å². The van der Waals surface area contributed by atoms with Crippen LogP contribution in [0, 0.1) is 0 Å². The van der Waals surface area contributed by atoms with Gasteiger partial charge < -0.3 is 0 Å². The summed E-state index contributed by atoms with van der Waals surface area (Å²) in [6.07, 6.45) is 0.240. The van der Waals surface area contributed by atoms with Crippen LogP contribution in [0.2, 0.25) is 0 Å². The fraction of sp³-hybridized carbons (Fsp3) is 0.182. The second kappa shape index (κ2) is 4.59. The van der Waals surface area contributed by atoms with Crippen molar-refractivity contribution < 1.29 is 18.0 Å². The number of aldehydes is 1. The lowest BCUT2D eigenvalue weighted by Gasteiger charge is -2.06. The maximum absolute atomic E-state index is 12.3. The van der Waals surface area contributed by atoms with Crippen LogP contribution >= 0.6 is 0 Å². The smallest absolute Gasteiger partial charge is 0.298 e. The highest BCUT2D eigenvalue weighted by molar-refractivity contribution is 5.73. The number of aromatic nitrogens is 3. The molecule has 0 unspecified atom stereocenters. The van der Waals surface area contributed by atoms with Gasteiger partial charge in [0.2, 0.25) is 0 Å². The molecule has 0 fully saturated rings. The number of alkyl halides is 3. The molecule has 0 radical (unpaired) electrons. The van der Waals surface area contributed by atoms with Crippen molar-refractivity contribution in [2.45, 2.75) is 12.7 Å². The van der Waals surface area contributed by atoms with E-state index in [-0.39, 0.29) is 6.54 Å². The van der Waals surface area contributed by atoms with Crippen molar-refractivity contribution in [3.63, 3.8) is 0 Å². The minimum absolute atomic E-state index is 0.263. The predicted molar refractivity (Wildman–Crippen MR) is 56.0 cm³/mol. The number of rotatable bonds is 3. The summed E-state index contributed by atoms with van der Waals surface area (Å²) in [5.41, 5.74) is 0.0544. The first kappa shape index (κ1) is 12.3. The molecule has 2 heterocycles. The molecule has 0 aliphatic heterocycles. The van der Waals surface area contributed by atoms with Gasteiger partial charge in [-0.25, -0.2) is 0 Å². The molecule has 0 amide bonds. The van der Waals surface area contributed by atoms with E-state index in [1.807, 2.05) is 0 Å². The topological polar surface area (TPSA) is 47.8 Å². The summed E-state index contributed by atoms with van der Waals surface area (Å²) < 4.78 is 38.3. The molecule has 0 saturated carbocycles. The quantitative estimate of drug-likeness (QED) is 0.789. The monoisotopic (exact) mass is 255 g/mol. The highest BCUT2D eigenvalue weighted by atomic mass is 19.4. The van der Waals surface area contributed by atoms with Crippen molar-refractivity contribution in [3.05, 3.63) is 47.5 Å². The SMILES string of the molecule is O=Cc1cnn(Cc2ccc(C(F)(F)F)nc2)c1. The van der Waals surface area contributed by atoms with Gasteiger partial charge in [-0.15, -0.1) is 0 Å². The Morgan fingerprint density at radius 1 is 1.28 bits per heavy atom. The molecule has 2 aromatic heterocycles. The van der Waals surface area contributed by atoms with Crippen molar-refractivity contribution in [1.82, 2.24) is 14.8 Å². The van der Waals surface area contributed by atoms with Crippen molar-refractivity contribution >= 4 is 6.29 Å². The zero-order valence-corrected chi connectivity index (χ0v) is 9.05. The molecule has 0 aliphatic rings. The highest BCUT2D eigenvalue weighted by Crippen LogP contribution is 2.27. The fourth-order valence-corrected chi connectivity index (χ4v) is 1.40. The molecule has 7 heteroatoms. The van der Waals surface area contributed by atoms with E-state index in [0.717, 1.165) is 12.3 Å². The molecular weight excluding hydrogens is 247 g/mol. The molecule has 0 atom stereocenters. The molecule has 2 aromatic rings. The van der Waals surface area contributed by atoms with Gasteiger partial charge in [0.1, 0.15) is 5.69 Å². The summed E-state index contributed by atoms with van der Waals surface area (Å²) in [7, 11) is 0. The highest BCUT2D eigenvalue weighted by Gasteiger charge is 2.31. The van der Waals surface area contributed by atoms with Crippen LogP contribution < -0.4 is 0 Å². The lowest BCUT2D eigenvalue weighted by Crippen LogP contribution is -2.08. The average molecular weight is 255 g/mol. The minimum atomic E-state index is -4.44. The van der Waals surface area contributed by atoms with Crippen molar-refractivity contribution in [2.75, 3.05) is 0 Å². The Labute approximate surface area is 100 Å². The van der Waals surface area contributed by atoms with E-state index in [9.17, 15) is 18.0 Å². The van der Waals surface area contributed by atoms with E-state index < -0.39 is 11.9 Å². The molecule has 18 heavy (non-hydrogen) atoms. The van der Waals surface area contributed by atoms with Gasteiger partial charge in [-0.05, 0) is 11.6 Å². The van der Waals surface area contributed by atoms with Crippen LogP contribution in [0.15, 0.2) is 30.7 Å². The van der Waals surface area contributed by atoms with Crippen LogP contribution in [0.3, 0.4) is 0 Å². The molecule has 0 aromatic carbocycles. The second-order valence-electron chi connectivity index (χ2n) is 3.64. The number of halogens is 3. The molecule has 0 spiro atoms. The second-order valence-corrected chi connectivity index (χ2v) is 3.64. The zero-order valence-electron chi connectivity index (χ0n) is 9.05. The molecule has 0 saturated heterocycles. The van der Waals surface area contributed by atoms with Gasteiger partial charge in [0.05, 0.1) is 18.3 Å². The Kier molecular flexibility index (Phi) is 3.14. The van der Waals surface area contributed by atoms with Crippen LogP contribution in [0.25, 0.3) is 0 Å². The number of carbonyl (C=O) groups excluding carboxylic acids is 1. The average Bonchev–Trinajstić information content (AvgIpc) is 2.76. The van der Waals surface area contributed by atoms with Crippen LogP contribution in [-0.2, 0) is 12.7 Å². The molecule has 2 rings (SSSR count). The molecule has 0 bridgehead atoms. The molecule has 0 N–H and O–H groups in total. The Morgan fingerprint density at radius 2 is 2.06 bits per heavy atom. The van der Waals surface area contributed by atoms with Gasteiger partial charge in [-0.1, -0.05) is 6.07 Å². The van der Waals surface area contributed by atoms with Crippen LogP contribution in [-0.4, -0.2) is 21.1 Å². The Balaban J connectivity index is 2.13. The van der Waals surface area contributed by atoms with E-state index in [4.69, 9.17) is 0 Å². The standard InChI is InChI=1S/C11H8F3N3O/c12-11(13,14)10-2-1-8(3-15-10)5-17-6-9(7-18)4-16-17/h1-4,6-7H,5H2. The third-order valence-corrected chi connectivity index (χ3v) is 2.25. The third-order valence-electron chi connectivity index (χ3n) is 2.25. The van der Waals surface area contributed by atoms with Gasteiger partial charge >= 0.3 is 6.18 Å². The predicted octanol–water partition coefficient (Wildman–Crippen LogP) is 2.16. The number of hydrogen-bond donors (Lipinski definition) is 0. The Bertz CT molecular complexity index is 545. The van der Waals surface area contributed by atoms with E-state index in [1.54, 1.807) is 0 Å². The summed E-state index contributed by atoms with van der Waals surface area (Å²) in [4.78, 5) is 13.8. The number of pyridine rings is 1. The molecule has 0 aliphatic carbocycles. The Hall–Kier alpha value is -2.18. The normalized spacial score (nSPS) is 11.5. The van der Waals surface area contributed by atoms with Gasteiger partial charge in [-0.3, -0.25) is 14.5 Å². The van der Waals surface area contributed by atoms with Crippen LogP contribution in [0.4, 0.5) is 13.2 Å². The van der Waals surface area contributed by atoms with E-state index in [0.29, 0.717) is 17.4 Å². The van der Waals surface area contributed by atoms with Gasteiger partial charge in [0.15, 0.2) is 6.29 Å². The maximum atomic E-state index is 12.3. The fourth-order valence-electron chi connectivity index (χ4n) is 1.40. The van der Waals surface area contributed by atoms with Gasteiger partial charge in [0.25, 0.3) is 0 Å². The van der Waals surface area contributed by atoms with Crippen molar-refractivity contribution in [2.24, 2.45) is 0 Å². The van der Waals surface area contributed by atoms with Crippen LogP contribution in [0.1, 0.15) is 21.6 Å². The lowest BCUT2D eigenvalue weighted by molar-refractivity contribution is -0.141. The van der Waals surface area contributed by atoms with E-state index in [1.165, 1.54) is 23.1 Å². The Morgan fingerprint density at radius 3 is 2.56 bits per heavy atom. The van der Waals surface area contributed by atoms with Crippen molar-refractivity contribution in [1.29, 1.82) is 0 Å². The first-order chi connectivity index (χ1) is 8.49. The van der Waals surface area contributed by atoms with Gasteiger partial charge in [0, 0.05) is 12.4 Å². The number of nitrogens with zero attached hydrogens (tertiary/aromatic N) is 3. The first-order valence-electron chi connectivity index (χ1n) is 4.99. The summed E-state index contributed by atoms with van der Waals surface area (Å²) >= 11 is 0. The largest absolute Gasteiger partial charge is 0.433 e. The number of carbonyl (C=O) groups is 1. The summed E-state index contributed by atoms with van der Waals surface area (Å²) in [5, 5.41) is 3.89. The number of hydrogen-bond acceptors (Lipinski definition) is 3. The zero-order chi connectivity index (χ0) is 13.2. The lowest BCUT2D eigenvalue weighted by atomic mass is 10.2. The van der Waals surface area contributed by atoms with E-state index >= 15 is 0 Å². The minimum Gasteiger partial charge on any atom is -0.298 e. The first-order valence-corrected chi connectivity index (χ1v) is 4.99. The summed E-state index contributed by atoms with van der Waals surface area (Å²) in [6.45, 7) is 0.263. The molecule has 94 valence electrons. The van der Waals surface area contributed by atoms with Crippen molar-refractivity contribution in [3.8, 4) is 0 Å².